The molecule has 0 spiro atoms. The zero-order valence-corrected chi connectivity index (χ0v) is 21.8. The third kappa shape index (κ3) is 4.93. The zero-order chi connectivity index (χ0) is 24.4. The summed E-state index contributed by atoms with van der Waals surface area (Å²) in [6.45, 7) is 8.67. The fourth-order valence-electron chi connectivity index (χ4n) is 3.80. The molecule has 5 rings (SSSR count). The molecule has 176 valence electrons. The van der Waals surface area contributed by atoms with E-state index in [2.05, 4.69) is 70.6 Å². The van der Waals surface area contributed by atoms with E-state index in [0.717, 1.165) is 32.7 Å². The van der Waals surface area contributed by atoms with E-state index >= 15 is 0 Å². The third-order valence-corrected chi connectivity index (χ3v) is 8.29. The lowest BCUT2D eigenvalue weighted by Crippen LogP contribution is -2.14. The average Bonchev–Trinajstić information content (AvgIpc) is 3.55. The molecule has 3 heterocycles. The van der Waals surface area contributed by atoms with E-state index in [0.29, 0.717) is 16.8 Å². The molecular weight excluding hydrogens is 495 g/mol. The Morgan fingerprint density at radius 1 is 1.14 bits per heavy atom. The molecule has 0 saturated carbocycles. The number of carbonyl (C=O) groups excluding carboxylic acids is 1. The van der Waals surface area contributed by atoms with Gasteiger partial charge in [-0.2, -0.15) is 0 Å². The Labute approximate surface area is 215 Å². The molecule has 0 bridgehead atoms. The van der Waals surface area contributed by atoms with Crippen molar-refractivity contribution in [2.24, 2.45) is 0 Å². The molecule has 0 aliphatic carbocycles. The number of fused-ring (bicyclic) bond motifs is 1. The summed E-state index contributed by atoms with van der Waals surface area (Å²) in [6.07, 6.45) is 1.82. The molecular formula is C26H23N5OS3. The quantitative estimate of drug-likeness (QED) is 0.181. The summed E-state index contributed by atoms with van der Waals surface area (Å²) < 4.78 is 3.06. The fraction of sp³-hybridized carbons (Fsp3) is 0.154. The van der Waals surface area contributed by atoms with Crippen molar-refractivity contribution in [1.82, 2.24) is 19.7 Å². The van der Waals surface area contributed by atoms with Crippen molar-refractivity contribution in [2.45, 2.75) is 25.5 Å². The maximum Gasteiger partial charge on any atom is 0.236 e. The summed E-state index contributed by atoms with van der Waals surface area (Å²) in [5.74, 6) is 0.855. The Morgan fingerprint density at radius 3 is 2.71 bits per heavy atom. The molecule has 1 amide bonds. The number of hydrogen-bond acceptors (Lipinski definition) is 7. The van der Waals surface area contributed by atoms with Gasteiger partial charge in [-0.25, -0.2) is 4.98 Å². The number of carbonyl (C=O) groups is 1. The number of allylic oxidation sites excluding steroid dienone is 1. The lowest BCUT2D eigenvalue weighted by atomic mass is 10.0. The molecule has 0 fully saturated rings. The van der Waals surface area contributed by atoms with Crippen molar-refractivity contribution in [3.8, 4) is 22.5 Å². The topological polar surface area (TPSA) is 72.7 Å². The number of aromatic nitrogens is 4. The monoisotopic (exact) mass is 517 g/mol. The van der Waals surface area contributed by atoms with Gasteiger partial charge in [0.1, 0.15) is 0 Å². The molecule has 1 N–H and O–H groups in total. The standard InChI is InChI=1S/C26H23N5OS3/c1-4-13-31-24(19-14-33-17(3)23(19)18-11-9-16(2)10-12-18)29-30-26(31)34-15-22(32)28-25-27-20-7-5-6-8-21(20)35-25/h4-12,14H,1,13,15H2,2-3H3,(H,27,28,32). The molecule has 2 aromatic carbocycles. The summed E-state index contributed by atoms with van der Waals surface area (Å²) >= 11 is 4.52. The van der Waals surface area contributed by atoms with Crippen LogP contribution in [-0.4, -0.2) is 31.4 Å². The summed E-state index contributed by atoms with van der Waals surface area (Å²) in [4.78, 5) is 18.3. The maximum absolute atomic E-state index is 12.6. The molecule has 0 aliphatic heterocycles. The largest absolute Gasteiger partial charge is 0.301 e. The Hall–Kier alpha value is -3.27. The first-order valence-electron chi connectivity index (χ1n) is 11.0. The number of aryl methyl sites for hydroxylation is 2. The highest BCUT2D eigenvalue weighted by atomic mass is 32.2. The fourth-order valence-corrected chi connectivity index (χ4v) is 6.29. The predicted molar refractivity (Wildman–Crippen MR) is 147 cm³/mol. The van der Waals surface area contributed by atoms with Gasteiger partial charge in [-0.15, -0.1) is 28.1 Å². The second-order valence-corrected chi connectivity index (χ2v) is 11.0. The molecule has 0 unspecified atom stereocenters. The zero-order valence-electron chi connectivity index (χ0n) is 19.3. The van der Waals surface area contributed by atoms with Crippen molar-refractivity contribution >= 4 is 55.7 Å². The number of nitrogens with one attached hydrogen (secondary N) is 1. The van der Waals surface area contributed by atoms with Gasteiger partial charge in [0, 0.05) is 27.9 Å². The van der Waals surface area contributed by atoms with Gasteiger partial charge in [-0.1, -0.05) is 71.1 Å². The number of thiazole rings is 1. The summed E-state index contributed by atoms with van der Waals surface area (Å²) in [5, 5.41) is 15.3. The van der Waals surface area contributed by atoms with Gasteiger partial charge in [0.05, 0.1) is 16.0 Å². The lowest BCUT2D eigenvalue weighted by Gasteiger charge is -2.10. The SMILES string of the molecule is C=CCn1c(SCC(=O)Nc2nc3ccccc3s2)nnc1-c1csc(C)c1-c1ccc(C)cc1. The number of benzene rings is 2. The highest BCUT2D eigenvalue weighted by Crippen LogP contribution is 2.39. The van der Waals surface area contributed by atoms with Crippen LogP contribution in [0.25, 0.3) is 32.7 Å². The van der Waals surface area contributed by atoms with Crippen molar-refractivity contribution in [2.75, 3.05) is 11.1 Å². The second kappa shape index (κ2) is 10.2. The summed E-state index contributed by atoms with van der Waals surface area (Å²) in [7, 11) is 0. The van der Waals surface area contributed by atoms with E-state index in [-0.39, 0.29) is 11.7 Å². The van der Waals surface area contributed by atoms with E-state index in [4.69, 9.17) is 0 Å². The number of thiophene rings is 1. The number of anilines is 1. The molecule has 3 aromatic heterocycles. The number of thioether (sulfide) groups is 1. The van der Waals surface area contributed by atoms with Crippen molar-refractivity contribution in [3.63, 3.8) is 0 Å². The minimum Gasteiger partial charge on any atom is -0.301 e. The Kier molecular flexibility index (Phi) is 6.81. The molecule has 0 atom stereocenters. The van der Waals surface area contributed by atoms with Crippen LogP contribution in [0.2, 0.25) is 0 Å². The Morgan fingerprint density at radius 2 is 1.94 bits per heavy atom. The van der Waals surface area contributed by atoms with Gasteiger partial charge in [0.15, 0.2) is 16.1 Å². The van der Waals surface area contributed by atoms with Crippen molar-refractivity contribution in [1.29, 1.82) is 0 Å². The number of rotatable bonds is 8. The van der Waals surface area contributed by atoms with Gasteiger partial charge in [0.2, 0.25) is 5.91 Å². The van der Waals surface area contributed by atoms with E-state index < -0.39 is 0 Å². The minimum atomic E-state index is -0.129. The summed E-state index contributed by atoms with van der Waals surface area (Å²) in [6, 6.07) is 16.4. The van der Waals surface area contributed by atoms with E-state index in [1.54, 1.807) is 11.3 Å². The first-order valence-corrected chi connectivity index (χ1v) is 13.7. The molecule has 0 saturated heterocycles. The van der Waals surface area contributed by atoms with Crippen molar-refractivity contribution < 1.29 is 4.79 Å². The van der Waals surface area contributed by atoms with Gasteiger partial charge in [-0.3, -0.25) is 9.36 Å². The molecule has 9 heteroatoms. The van der Waals surface area contributed by atoms with Crippen LogP contribution >= 0.6 is 34.4 Å². The van der Waals surface area contributed by atoms with Crippen LogP contribution < -0.4 is 5.32 Å². The summed E-state index contributed by atoms with van der Waals surface area (Å²) in [5.41, 5.74) is 5.46. The van der Waals surface area contributed by atoms with Crippen LogP contribution in [0.4, 0.5) is 5.13 Å². The lowest BCUT2D eigenvalue weighted by molar-refractivity contribution is -0.113. The number of amides is 1. The van der Waals surface area contributed by atoms with E-state index in [9.17, 15) is 4.79 Å². The molecule has 6 nitrogen and oxygen atoms in total. The highest BCUT2D eigenvalue weighted by molar-refractivity contribution is 7.99. The first kappa shape index (κ1) is 23.5. The van der Waals surface area contributed by atoms with Crippen LogP contribution in [0.1, 0.15) is 10.4 Å². The highest BCUT2D eigenvalue weighted by Gasteiger charge is 2.21. The van der Waals surface area contributed by atoms with Gasteiger partial charge < -0.3 is 5.32 Å². The Bertz CT molecular complexity index is 1480. The van der Waals surface area contributed by atoms with Crippen LogP contribution in [0.3, 0.4) is 0 Å². The maximum atomic E-state index is 12.6. The molecule has 35 heavy (non-hydrogen) atoms. The van der Waals surface area contributed by atoms with E-state index in [1.807, 2.05) is 34.9 Å². The molecule has 0 aliphatic rings. The minimum absolute atomic E-state index is 0.129. The smallest absolute Gasteiger partial charge is 0.236 e. The Balaban J connectivity index is 1.37. The van der Waals surface area contributed by atoms with Crippen LogP contribution in [0.15, 0.2) is 71.7 Å². The van der Waals surface area contributed by atoms with E-state index in [1.165, 1.54) is 33.5 Å². The third-order valence-electron chi connectivity index (χ3n) is 5.46. The van der Waals surface area contributed by atoms with Crippen molar-refractivity contribution in [3.05, 3.63) is 77.0 Å². The van der Waals surface area contributed by atoms with Gasteiger partial charge in [0.25, 0.3) is 0 Å². The average molecular weight is 518 g/mol. The number of nitrogens with zero attached hydrogens (tertiary/aromatic N) is 4. The van der Waals surface area contributed by atoms with Crippen LogP contribution in [0.5, 0.6) is 0 Å². The predicted octanol–water partition coefficient (Wildman–Crippen LogP) is 6.82. The molecule has 0 radical (unpaired) electrons. The number of para-hydroxylation sites is 1. The normalized spacial score (nSPS) is 11.1. The van der Waals surface area contributed by atoms with Gasteiger partial charge >= 0.3 is 0 Å². The van der Waals surface area contributed by atoms with Crippen LogP contribution in [-0.2, 0) is 11.3 Å². The second-order valence-electron chi connectivity index (χ2n) is 7.98. The van der Waals surface area contributed by atoms with Crippen LogP contribution in [0, 0.1) is 13.8 Å². The molecule has 5 aromatic rings. The first-order chi connectivity index (χ1) is 17.0. The number of hydrogen-bond donors (Lipinski definition) is 1. The van der Waals surface area contributed by atoms with Gasteiger partial charge in [-0.05, 0) is 31.5 Å².